The van der Waals surface area contributed by atoms with Crippen molar-refractivity contribution in [3.05, 3.63) is 12.4 Å². The van der Waals surface area contributed by atoms with Gasteiger partial charge in [-0.3, -0.25) is 0 Å². The second-order valence-electron chi connectivity index (χ2n) is 4.77. The molecule has 0 aromatic carbocycles. The lowest BCUT2D eigenvalue weighted by molar-refractivity contribution is 0.438. The molecule has 2 fully saturated rings. The van der Waals surface area contributed by atoms with Crippen LogP contribution >= 0.6 is 0 Å². The fourth-order valence-electron chi connectivity index (χ4n) is 3.00. The molecule has 15 heavy (non-hydrogen) atoms. The highest BCUT2D eigenvalue weighted by atomic mass is 15.1. The van der Waals surface area contributed by atoms with Gasteiger partial charge in [-0.1, -0.05) is 6.42 Å². The molecule has 1 heterocycles. The van der Waals surface area contributed by atoms with E-state index in [-0.39, 0.29) is 0 Å². The Kier molecular flexibility index (Phi) is 2.01. The molecule has 80 valence electrons. The first kappa shape index (κ1) is 8.95. The number of aromatic nitrogens is 2. The van der Waals surface area contributed by atoms with Crippen LogP contribution in [0.25, 0.3) is 0 Å². The van der Waals surface area contributed by atoms with Crippen LogP contribution in [0, 0.1) is 11.8 Å². The van der Waals surface area contributed by atoms with Crippen LogP contribution in [0.15, 0.2) is 12.4 Å². The Hall–Kier alpha value is -1.32. The Bertz CT molecular complexity index is 348. The van der Waals surface area contributed by atoms with Crippen molar-refractivity contribution in [2.24, 2.45) is 11.8 Å². The number of rotatable bonds is 2. The van der Waals surface area contributed by atoms with Gasteiger partial charge in [0.1, 0.15) is 0 Å². The molecule has 0 radical (unpaired) electrons. The lowest BCUT2D eigenvalue weighted by Gasteiger charge is -2.22. The molecule has 2 bridgehead atoms. The first-order chi connectivity index (χ1) is 7.31. The lowest BCUT2D eigenvalue weighted by atomic mass is 9.95. The molecular formula is C11H16N4. The van der Waals surface area contributed by atoms with Crippen molar-refractivity contribution in [2.75, 3.05) is 11.1 Å². The van der Waals surface area contributed by atoms with E-state index in [2.05, 4.69) is 15.3 Å². The van der Waals surface area contributed by atoms with Crippen molar-refractivity contribution in [3.63, 3.8) is 0 Å². The number of hydrogen-bond acceptors (Lipinski definition) is 4. The van der Waals surface area contributed by atoms with E-state index in [1.165, 1.54) is 25.7 Å². The fourth-order valence-corrected chi connectivity index (χ4v) is 3.00. The Balaban J connectivity index is 1.68. The van der Waals surface area contributed by atoms with Gasteiger partial charge in [0.25, 0.3) is 0 Å². The number of fused-ring (bicyclic) bond motifs is 2. The molecule has 3 unspecified atom stereocenters. The Labute approximate surface area is 89.3 Å². The van der Waals surface area contributed by atoms with E-state index in [0.717, 1.165) is 17.8 Å². The maximum atomic E-state index is 5.54. The summed E-state index contributed by atoms with van der Waals surface area (Å²) in [5, 5.41) is 3.42. The molecule has 0 amide bonds. The van der Waals surface area contributed by atoms with Gasteiger partial charge in [0, 0.05) is 6.04 Å². The van der Waals surface area contributed by atoms with E-state index in [9.17, 15) is 0 Å². The predicted octanol–water partition coefficient (Wildman–Crippen LogP) is 1.66. The minimum atomic E-state index is 0.590. The third kappa shape index (κ3) is 1.64. The zero-order valence-corrected chi connectivity index (χ0v) is 8.69. The number of hydrogen-bond donors (Lipinski definition) is 2. The van der Waals surface area contributed by atoms with Crippen LogP contribution in [0.2, 0.25) is 0 Å². The van der Waals surface area contributed by atoms with E-state index < -0.39 is 0 Å². The van der Waals surface area contributed by atoms with Crippen LogP contribution in [-0.2, 0) is 0 Å². The third-order valence-corrected chi connectivity index (χ3v) is 3.72. The van der Waals surface area contributed by atoms with Crippen LogP contribution in [-0.4, -0.2) is 16.0 Å². The van der Waals surface area contributed by atoms with Crippen LogP contribution in [0.5, 0.6) is 0 Å². The average Bonchev–Trinajstić information content (AvgIpc) is 2.83. The molecule has 4 heteroatoms. The second kappa shape index (κ2) is 3.36. The van der Waals surface area contributed by atoms with Crippen molar-refractivity contribution in [1.82, 2.24) is 9.97 Å². The largest absolute Gasteiger partial charge is 0.396 e. The minimum Gasteiger partial charge on any atom is -0.396 e. The first-order valence-corrected chi connectivity index (χ1v) is 5.65. The van der Waals surface area contributed by atoms with Crippen molar-refractivity contribution < 1.29 is 0 Å². The minimum absolute atomic E-state index is 0.590. The fraction of sp³-hybridized carbons (Fsp3) is 0.636. The summed E-state index contributed by atoms with van der Waals surface area (Å²) in [6.45, 7) is 0. The van der Waals surface area contributed by atoms with Crippen molar-refractivity contribution >= 4 is 11.6 Å². The zero-order valence-electron chi connectivity index (χ0n) is 8.69. The van der Waals surface area contributed by atoms with E-state index in [4.69, 9.17) is 5.73 Å². The monoisotopic (exact) mass is 204 g/mol. The molecule has 1 aromatic heterocycles. The molecule has 0 spiro atoms. The van der Waals surface area contributed by atoms with E-state index >= 15 is 0 Å². The smallest absolute Gasteiger partial charge is 0.222 e. The van der Waals surface area contributed by atoms with Crippen LogP contribution < -0.4 is 11.1 Å². The van der Waals surface area contributed by atoms with Crippen LogP contribution in [0.1, 0.15) is 25.7 Å². The quantitative estimate of drug-likeness (QED) is 0.769. The summed E-state index contributed by atoms with van der Waals surface area (Å²) >= 11 is 0. The molecular weight excluding hydrogens is 188 g/mol. The van der Waals surface area contributed by atoms with Gasteiger partial charge in [0.05, 0.1) is 18.1 Å². The van der Waals surface area contributed by atoms with Crippen LogP contribution in [0.3, 0.4) is 0 Å². The Morgan fingerprint density at radius 2 is 2.00 bits per heavy atom. The molecule has 4 nitrogen and oxygen atoms in total. The molecule has 0 saturated heterocycles. The summed E-state index contributed by atoms with van der Waals surface area (Å²) in [7, 11) is 0. The highest BCUT2D eigenvalue weighted by Crippen LogP contribution is 2.45. The zero-order chi connectivity index (χ0) is 10.3. The molecule has 0 aliphatic heterocycles. The van der Waals surface area contributed by atoms with Gasteiger partial charge in [-0.2, -0.15) is 0 Å². The summed E-state index contributed by atoms with van der Waals surface area (Å²) in [6, 6.07) is 0.590. The number of anilines is 2. The van der Waals surface area contributed by atoms with Crippen molar-refractivity contribution in [2.45, 2.75) is 31.7 Å². The highest BCUT2D eigenvalue weighted by molar-refractivity contribution is 5.36. The van der Waals surface area contributed by atoms with E-state index in [1.54, 1.807) is 12.4 Å². The highest BCUT2D eigenvalue weighted by Gasteiger charge is 2.39. The molecule has 2 saturated carbocycles. The molecule has 1 aromatic rings. The lowest BCUT2D eigenvalue weighted by Crippen LogP contribution is -2.26. The van der Waals surface area contributed by atoms with Gasteiger partial charge >= 0.3 is 0 Å². The van der Waals surface area contributed by atoms with Gasteiger partial charge < -0.3 is 11.1 Å². The number of nitrogens with one attached hydrogen (secondary N) is 1. The third-order valence-electron chi connectivity index (χ3n) is 3.72. The van der Waals surface area contributed by atoms with E-state index in [1.807, 2.05) is 0 Å². The molecule has 3 rings (SSSR count). The average molecular weight is 204 g/mol. The summed E-state index contributed by atoms with van der Waals surface area (Å²) < 4.78 is 0. The molecule has 3 N–H and O–H groups in total. The normalized spacial score (nSPS) is 33.2. The van der Waals surface area contributed by atoms with Gasteiger partial charge in [-0.15, -0.1) is 0 Å². The Morgan fingerprint density at radius 3 is 2.60 bits per heavy atom. The number of nitrogens with zero attached hydrogens (tertiary/aromatic N) is 2. The van der Waals surface area contributed by atoms with Gasteiger partial charge in [-0.05, 0) is 31.1 Å². The molecule has 2 aliphatic rings. The summed E-state index contributed by atoms with van der Waals surface area (Å²) in [5.74, 6) is 2.51. The SMILES string of the molecule is Nc1cnc(NC2CC3CCC2C3)nc1. The summed E-state index contributed by atoms with van der Waals surface area (Å²) in [5.41, 5.74) is 6.16. The maximum Gasteiger partial charge on any atom is 0.222 e. The topological polar surface area (TPSA) is 63.8 Å². The maximum absolute atomic E-state index is 5.54. The molecule has 3 atom stereocenters. The van der Waals surface area contributed by atoms with Crippen LogP contribution in [0.4, 0.5) is 11.6 Å². The van der Waals surface area contributed by atoms with Crippen molar-refractivity contribution in [1.29, 1.82) is 0 Å². The number of nitrogens with two attached hydrogens (primary N) is 1. The second-order valence-corrected chi connectivity index (χ2v) is 4.77. The number of nitrogen functional groups attached to an aromatic ring is 1. The summed E-state index contributed by atoms with van der Waals surface area (Å²) in [4.78, 5) is 8.36. The summed E-state index contributed by atoms with van der Waals surface area (Å²) in [6.07, 6.45) is 8.79. The van der Waals surface area contributed by atoms with Gasteiger partial charge in [0.15, 0.2) is 0 Å². The van der Waals surface area contributed by atoms with E-state index in [0.29, 0.717) is 11.7 Å². The van der Waals surface area contributed by atoms with Crippen molar-refractivity contribution in [3.8, 4) is 0 Å². The van der Waals surface area contributed by atoms with Gasteiger partial charge in [-0.25, -0.2) is 9.97 Å². The molecule has 2 aliphatic carbocycles. The Morgan fingerprint density at radius 1 is 1.20 bits per heavy atom. The predicted molar refractivity (Wildman–Crippen MR) is 59.3 cm³/mol. The first-order valence-electron chi connectivity index (χ1n) is 5.65. The standard InChI is InChI=1S/C11H16N4/c12-9-5-13-11(14-6-9)15-10-4-7-1-2-8(10)3-7/h5-8,10H,1-4,12H2,(H,13,14,15). The van der Waals surface area contributed by atoms with Gasteiger partial charge in [0.2, 0.25) is 5.95 Å².